The second-order valence-corrected chi connectivity index (χ2v) is 11.7. The third-order valence-electron chi connectivity index (χ3n) is 7.06. The molecule has 0 radical (unpaired) electrons. The van der Waals surface area contributed by atoms with Crippen molar-refractivity contribution in [1.29, 1.82) is 0 Å². The van der Waals surface area contributed by atoms with E-state index in [0.29, 0.717) is 46.8 Å². The highest BCUT2D eigenvalue weighted by molar-refractivity contribution is 7.89. The SMILES string of the molecule is O=S(=O)(c1cccc(Oc2cccc(-c3c(-c4ccccc4)cnc4c(C(F)(F)F)cccc34)c2)c1)N1CCOCC1. The number of alkyl halides is 3. The van der Waals surface area contributed by atoms with Crippen molar-refractivity contribution in [2.24, 2.45) is 0 Å². The molecule has 42 heavy (non-hydrogen) atoms. The standard InChI is InChI=1S/C32H25F3N2O4S/c33-32(34,35)29-14-6-13-27-30(28(21-36-31(27)29)22-7-2-1-3-8-22)23-9-4-10-24(19-23)41-25-11-5-12-26(20-25)42(38,39)37-15-17-40-18-16-37/h1-14,19-21H,15-18H2. The van der Waals surface area contributed by atoms with Crippen molar-refractivity contribution in [3.63, 3.8) is 0 Å². The van der Waals surface area contributed by atoms with Crippen molar-refractivity contribution in [2.75, 3.05) is 26.3 Å². The summed E-state index contributed by atoms with van der Waals surface area (Å²) in [6.45, 7) is 1.22. The van der Waals surface area contributed by atoms with Crippen molar-refractivity contribution < 1.29 is 31.1 Å². The van der Waals surface area contributed by atoms with Crippen LogP contribution in [0.15, 0.2) is 108 Å². The topological polar surface area (TPSA) is 68.7 Å². The molecule has 0 amide bonds. The Kier molecular flexibility index (Phi) is 7.44. The summed E-state index contributed by atoms with van der Waals surface area (Å²) in [7, 11) is -3.73. The molecular formula is C32H25F3N2O4S. The molecule has 0 saturated carbocycles. The summed E-state index contributed by atoms with van der Waals surface area (Å²) in [4.78, 5) is 4.35. The van der Waals surface area contributed by atoms with E-state index in [1.54, 1.807) is 42.5 Å². The Morgan fingerprint density at radius 1 is 0.786 bits per heavy atom. The summed E-state index contributed by atoms with van der Waals surface area (Å²) >= 11 is 0. The number of ether oxygens (including phenoxy) is 2. The Balaban J connectivity index is 1.43. The maximum Gasteiger partial charge on any atom is 0.418 e. The maximum atomic E-state index is 13.9. The molecule has 1 aliphatic rings. The van der Waals surface area contributed by atoms with Crippen LogP contribution in [0.25, 0.3) is 33.2 Å². The average Bonchev–Trinajstić information content (AvgIpc) is 3.01. The Hall–Kier alpha value is -4.25. The van der Waals surface area contributed by atoms with Crippen LogP contribution >= 0.6 is 0 Å². The van der Waals surface area contributed by atoms with Gasteiger partial charge in [0, 0.05) is 41.9 Å². The molecule has 0 N–H and O–H groups in total. The summed E-state index contributed by atoms with van der Waals surface area (Å²) in [6, 6.07) is 26.6. The van der Waals surface area contributed by atoms with E-state index in [0.717, 1.165) is 11.6 Å². The summed E-state index contributed by atoms with van der Waals surface area (Å²) in [6.07, 6.45) is -3.11. The summed E-state index contributed by atoms with van der Waals surface area (Å²) in [5.74, 6) is 0.702. The molecule has 10 heteroatoms. The molecule has 0 aliphatic carbocycles. The zero-order chi connectivity index (χ0) is 29.3. The number of benzene rings is 4. The number of para-hydroxylation sites is 1. The molecule has 6 rings (SSSR count). The smallest absolute Gasteiger partial charge is 0.418 e. The van der Waals surface area contributed by atoms with Crippen LogP contribution in [0.2, 0.25) is 0 Å². The van der Waals surface area contributed by atoms with E-state index in [9.17, 15) is 21.6 Å². The lowest BCUT2D eigenvalue weighted by Crippen LogP contribution is -2.40. The lowest BCUT2D eigenvalue weighted by Gasteiger charge is -2.26. The first-order valence-corrected chi connectivity index (χ1v) is 14.7. The molecule has 0 unspecified atom stereocenters. The van der Waals surface area contributed by atoms with Crippen LogP contribution in [0, 0.1) is 0 Å². The van der Waals surface area contributed by atoms with Gasteiger partial charge in [0.1, 0.15) is 11.5 Å². The molecule has 4 aromatic carbocycles. The normalized spacial score (nSPS) is 14.6. The van der Waals surface area contributed by atoms with Gasteiger partial charge >= 0.3 is 6.18 Å². The van der Waals surface area contributed by atoms with Crippen LogP contribution in [0.1, 0.15) is 5.56 Å². The first kappa shape index (κ1) is 27.9. The molecule has 1 fully saturated rings. The van der Waals surface area contributed by atoms with Crippen LogP contribution in [0.4, 0.5) is 13.2 Å². The van der Waals surface area contributed by atoms with E-state index in [1.807, 2.05) is 30.3 Å². The first-order valence-electron chi connectivity index (χ1n) is 13.2. The number of hydrogen-bond donors (Lipinski definition) is 0. The van der Waals surface area contributed by atoms with Crippen LogP contribution in [0.3, 0.4) is 0 Å². The largest absolute Gasteiger partial charge is 0.457 e. The van der Waals surface area contributed by atoms with Gasteiger partial charge in [0.15, 0.2) is 0 Å². The second kappa shape index (κ2) is 11.2. The van der Waals surface area contributed by atoms with E-state index in [1.165, 1.54) is 28.7 Å². The molecule has 0 bridgehead atoms. The van der Waals surface area contributed by atoms with Crippen molar-refractivity contribution in [3.8, 4) is 33.8 Å². The first-order chi connectivity index (χ1) is 20.2. The minimum absolute atomic E-state index is 0.101. The fourth-order valence-electron chi connectivity index (χ4n) is 5.08. The van der Waals surface area contributed by atoms with E-state index in [4.69, 9.17) is 9.47 Å². The van der Waals surface area contributed by atoms with Crippen molar-refractivity contribution in [2.45, 2.75) is 11.1 Å². The second-order valence-electron chi connectivity index (χ2n) is 9.73. The maximum absolute atomic E-state index is 13.9. The molecule has 2 heterocycles. The number of nitrogens with zero attached hydrogens (tertiary/aromatic N) is 2. The molecule has 6 nitrogen and oxygen atoms in total. The Bertz CT molecular complexity index is 1860. The molecule has 214 valence electrons. The Labute approximate surface area is 241 Å². The van der Waals surface area contributed by atoms with Gasteiger partial charge in [-0.05, 0) is 41.5 Å². The highest BCUT2D eigenvalue weighted by atomic mass is 32.2. The monoisotopic (exact) mass is 590 g/mol. The van der Waals surface area contributed by atoms with Gasteiger partial charge in [-0.1, -0.05) is 60.7 Å². The minimum atomic E-state index is -4.57. The van der Waals surface area contributed by atoms with Crippen LogP contribution in [-0.4, -0.2) is 44.0 Å². The molecule has 0 atom stereocenters. The van der Waals surface area contributed by atoms with Crippen LogP contribution < -0.4 is 4.74 Å². The highest BCUT2D eigenvalue weighted by Crippen LogP contribution is 2.42. The average molecular weight is 591 g/mol. The van der Waals surface area contributed by atoms with Crippen molar-refractivity contribution in [3.05, 3.63) is 109 Å². The Morgan fingerprint density at radius 2 is 1.45 bits per heavy atom. The zero-order valence-corrected chi connectivity index (χ0v) is 23.0. The molecule has 0 spiro atoms. The van der Waals surface area contributed by atoms with Crippen LogP contribution in [-0.2, 0) is 20.9 Å². The van der Waals surface area contributed by atoms with Gasteiger partial charge in [-0.25, -0.2) is 8.42 Å². The van der Waals surface area contributed by atoms with Crippen LogP contribution in [0.5, 0.6) is 11.5 Å². The van der Waals surface area contributed by atoms with E-state index in [-0.39, 0.29) is 23.5 Å². The number of morpholine rings is 1. The van der Waals surface area contributed by atoms with Gasteiger partial charge in [0.25, 0.3) is 0 Å². The number of fused-ring (bicyclic) bond motifs is 1. The zero-order valence-electron chi connectivity index (χ0n) is 22.2. The molecule has 1 saturated heterocycles. The van der Waals surface area contributed by atoms with Gasteiger partial charge in [-0.3, -0.25) is 4.98 Å². The quantitative estimate of drug-likeness (QED) is 0.206. The number of halogens is 3. The molecular weight excluding hydrogens is 565 g/mol. The van der Waals surface area contributed by atoms with Gasteiger partial charge < -0.3 is 9.47 Å². The number of aromatic nitrogens is 1. The number of sulfonamides is 1. The summed E-state index contributed by atoms with van der Waals surface area (Å²) in [5, 5.41) is 0.349. The number of rotatable bonds is 6. The minimum Gasteiger partial charge on any atom is -0.457 e. The lowest BCUT2D eigenvalue weighted by atomic mass is 9.91. The van der Waals surface area contributed by atoms with Crippen molar-refractivity contribution in [1.82, 2.24) is 9.29 Å². The predicted molar refractivity (Wildman–Crippen MR) is 154 cm³/mol. The third kappa shape index (κ3) is 5.48. The third-order valence-corrected chi connectivity index (χ3v) is 8.95. The summed E-state index contributed by atoms with van der Waals surface area (Å²) < 4.78 is 80.8. The summed E-state index contributed by atoms with van der Waals surface area (Å²) in [5.41, 5.74) is 1.70. The fourth-order valence-corrected chi connectivity index (χ4v) is 6.53. The van der Waals surface area contributed by atoms with Gasteiger partial charge in [-0.15, -0.1) is 0 Å². The van der Waals surface area contributed by atoms with Crippen molar-refractivity contribution >= 4 is 20.9 Å². The molecule has 1 aromatic heterocycles. The van der Waals surface area contributed by atoms with E-state index >= 15 is 0 Å². The fraction of sp³-hybridized carbons (Fsp3) is 0.156. The van der Waals surface area contributed by atoms with Gasteiger partial charge in [-0.2, -0.15) is 17.5 Å². The number of hydrogen-bond acceptors (Lipinski definition) is 5. The lowest BCUT2D eigenvalue weighted by molar-refractivity contribution is -0.136. The predicted octanol–water partition coefficient (Wildman–Crippen LogP) is 7.40. The number of pyridine rings is 1. The Morgan fingerprint density at radius 3 is 2.19 bits per heavy atom. The molecule has 1 aliphatic heterocycles. The van der Waals surface area contributed by atoms with E-state index in [2.05, 4.69) is 4.98 Å². The van der Waals surface area contributed by atoms with E-state index < -0.39 is 21.8 Å². The van der Waals surface area contributed by atoms with Gasteiger partial charge in [0.05, 0.1) is 29.2 Å². The van der Waals surface area contributed by atoms with Gasteiger partial charge in [0.2, 0.25) is 10.0 Å². The molecule has 5 aromatic rings. The highest BCUT2D eigenvalue weighted by Gasteiger charge is 2.34.